The number of rotatable bonds is 4. The summed E-state index contributed by atoms with van der Waals surface area (Å²) in [6.07, 6.45) is 4.07. The summed E-state index contributed by atoms with van der Waals surface area (Å²) in [4.78, 5) is 17.5. The summed E-state index contributed by atoms with van der Waals surface area (Å²) in [7, 11) is 1.86. The maximum atomic E-state index is 12.5. The molecule has 1 amide bonds. The molecule has 0 bridgehead atoms. The van der Waals surface area contributed by atoms with E-state index in [-0.39, 0.29) is 11.3 Å². The van der Waals surface area contributed by atoms with Crippen LogP contribution in [0.15, 0.2) is 30.5 Å². The first-order valence-electron chi connectivity index (χ1n) is 6.67. The van der Waals surface area contributed by atoms with E-state index < -0.39 is 0 Å². The molecule has 1 saturated carbocycles. The summed E-state index contributed by atoms with van der Waals surface area (Å²) in [6.45, 7) is 1.42. The highest BCUT2D eigenvalue weighted by Crippen LogP contribution is 2.45. The zero-order valence-electron chi connectivity index (χ0n) is 11.1. The van der Waals surface area contributed by atoms with Crippen LogP contribution < -0.4 is 5.73 Å². The highest BCUT2D eigenvalue weighted by atomic mass is 16.2. The molecule has 0 radical (unpaired) electrons. The monoisotopic (exact) mass is 257 g/mol. The van der Waals surface area contributed by atoms with Gasteiger partial charge in [-0.25, -0.2) is 0 Å². The first kappa shape index (κ1) is 12.2. The normalized spacial score (nSPS) is 16.5. The number of nitrogens with two attached hydrogens (primary N) is 1. The fourth-order valence-corrected chi connectivity index (χ4v) is 2.63. The third-order valence-corrected chi connectivity index (χ3v) is 4.13. The molecule has 19 heavy (non-hydrogen) atoms. The molecule has 1 fully saturated rings. The third-order valence-electron chi connectivity index (χ3n) is 4.13. The van der Waals surface area contributed by atoms with Crippen molar-refractivity contribution in [3.8, 4) is 0 Å². The van der Waals surface area contributed by atoms with E-state index in [4.69, 9.17) is 5.73 Å². The number of H-pyrrole nitrogens is 1. The van der Waals surface area contributed by atoms with Crippen LogP contribution >= 0.6 is 0 Å². The van der Waals surface area contributed by atoms with E-state index in [1.165, 1.54) is 0 Å². The van der Waals surface area contributed by atoms with Gasteiger partial charge in [0.2, 0.25) is 0 Å². The minimum absolute atomic E-state index is 0.0668. The quantitative estimate of drug-likeness (QED) is 0.879. The standard InChI is InChI=1S/C15H19N3O/c1-18(10-15(9-16)6-7-15)14(19)12-8-17-13-5-3-2-4-11(12)13/h2-5,8,17H,6-7,9-10,16H2,1H3. The molecule has 0 saturated heterocycles. The van der Waals surface area contributed by atoms with E-state index in [9.17, 15) is 4.79 Å². The number of para-hydroxylation sites is 1. The van der Waals surface area contributed by atoms with E-state index in [2.05, 4.69) is 4.98 Å². The van der Waals surface area contributed by atoms with Gasteiger partial charge in [-0.15, -0.1) is 0 Å². The lowest BCUT2D eigenvalue weighted by atomic mass is 10.1. The Morgan fingerprint density at radius 2 is 2.16 bits per heavy atom. The molecule has 3 N–H and O–H groups in total. The van der Waals surface area contributed by atoms with Crippen LogP contribution in [0.1, 0.15) is 23.2 Å². The number of aromatic nitrogens is 1. The van der Waals surface area contributed by atoms with E-state index in [0.717, 1.165) is 35.9 Å². The number of aromatic amines is 1. The number of nitrogens with one attached hydrogen (secondary N) is 1. The number of carbonyl (C=O) groups excluding carboxylic acids is 1. The number of nitrogens with zero attached hydrogens (tertiary/aromatic N) is 1. The Balaban J connectivity index is 1.83. The van der Waals surface area contributed by atoms with Crippen LogP contribution in [0.4, 0.5) is 0 Å². The van der Waals surface area contributed by atoms with Crippen LogP contribution in [0, 0.1) is 5.41 Å². The highest BCUT2D eigenvalue weighted by Gasteiger charge is 2.42. The predicted octanol–water partition coefficient (Wildman–Crippen LogP) is 1.98. The van der Waals surface area contributed by atoms with Crippen LogP contribution in [-0.4, -0.2) is 35.9 Å². The van der Waals surface area contributed by atoms with Crippen LogP contribution in [0.5, 0.6) is 0 Å². The van der Waals surface area contributed by atoms with Crippen LogP contribution in [0.3, 0.4) is 0 Å². The van der Waals surface area contributed by atoms with Crippen LogP contribution in [0.2, 0.25) is 0 Å². The van der Waals surface area contributed by atoms with Gasteiger partial charge in [0.05, 0.1) is 5.56 Å². The lowest BCUT2D eigenvalue weighted by Crippen LogP contribution is -2.35. The van der Waals surface area contributed by atoms with Crippen molar-refractivity contribution in [3.63, 3.8) is 0 Å². The van der Waals surface area contributed by atoms with Crippen molar-refractivity contribution in [2.24, 2.45) is 11.1 Å². The number of benzene rings is 1. The number of fused-ring (bicyclic) bond motifs is 1. The van der Waals surface area contributed by atoms with E-state index >= 15 is 0 Å². The topological polar surface area (TPSA) is 62.1 Å². The van der Waals surface area contributed by atoms with Gasteiger partial charge in [0, 0.05) is 36.1 Å². The second kappa shape index (κ2) is 4.38. The fourth-order valence-electron chi connectivity index (χ4n) is 2.63. The number of hydrogen-bond donors (Lipinski definition) is 2. The molecule has 1 aromatic heterocycles. The van der Waals surface area contributed by atoms with Crippen molar-refractivity contribution in [1.82, 2.24) is 9.88 Å². The zero-order chi connectivity index (χ0) is 13.5. The molecule has 0 aliphatic heterocycles. The minimum atomic E-state index is 0.0668. The van der Waals surface area contributed by atoms with Crippen LogP contribution in [0.25, 0.3) is 10.9 Å². The van der Waals surface area contributed by atoms with Crippen molar-refractivity contribution in [2.75, 3.05) is 20.1 Å². The molecule has 1 heterocycles. The molecule has 0 unspecified atom stereocenters. The van der Waals surface area contributed by atoms with E-state index in [1.54, 1.807) is 11.1 Å². The van der Waals surface area contributed by atoms with E-state index in [0.29, 0.717) is 6.54 Å². The Labute approximate surface area is 112 Å². The van der Waals surface area contributed by atoms with Crippen molar-refractivity contribution in [3.05, 3.63) is 36.0 Å². The number of carbonyl (C=O) groups is 1. The SMILES string of the molecule is CN(CC1(CN)CC1)C(=O)c1c[nH]c2ccccc12. The Kier molecular flexibility index (Phi) is 2.82. The molecule has 0 atom stereocenters. The first-order valence-corrected chi connectivity index (χ1v) is 6.67. The summed E-state index contributed by atoms with van der Waals surface area (Å²) in [6, 6.07) is 7.87. The van der Waals surface area contributed by atoms with Gasteiger partial charge in [-0.1, -0.05) is 18.2 Å². The average molecular weight is 257 g/mol. The lowest BCUT2D eigenvalue weighted by Gasteiger charge is -2.22. The smallest absolute Gasteiger partial charge is 0.255 e. The molecular weight excluding hydrogens is 238 g/mol. The van der Waals surface area contributed by atoms with Crippen molar-refractivity contribution >= 4 is 16.8 Å². The molecule has 4 nitrogen and oxygen atoms in total. The number of amides is 1. The molecular formula is C15H19N3O. The summed E-state index contributed by atoms with van der Waals surface area (Å²) < 4.78 is 0. The first-order chi connectivity index (χ1) is 9.15. The molecule has 1 aromatic carbocycles. The summed E-state index contributed by atoms with van der Waals surface area (Å²) >= 11 is 0. The summed E-state index contributed by atoms with van der Waals surface area (Å²) in [5, 5.41) is 0.983. The second-order valence-electron chi connectivity index (χ2n) is 5.61. The molecule has 0 spiro atoms. The number of hydrogen-bond acceptors (Lipinski definition) is 2. The third kappa shape index (κ3) is 2.12. The van der Waals surface area contributed by atoms with Gasteiger partial charge >= 0.3 is 0 Å². The molecule has 1 aliphatic carbocycles. The fraction of sp³-hybridized carbons (Fsp3) is 0.400. The largest absolute Gasteiger partial charge is 0.360 e. The summed E-state index contributed by atoms with van der Waals surface area (Å²) in [5.74, 6) is 0.0668. The maximum absolute atomic E-state index is 12.5. The molecule has 2 aromatic rings. The lowest BCUT2D eigenvalue weighted by molar-refractivity contribution is 0.0768. The van der Waals surface area contributed by atoms with Gasteiger partial charge in [-0.3, -0.25) is 4.79 Å². The second-order valence-corrected chi connectivity index (χ2v) is 5.61. The molecule has 4 heteroatoms. The van der Waals surface area contributed by atoms with Crippen molar-refractivity contribution in [2.45, 2.75) is 12.8 Å². The van der Waals surface area contributed by atoms with Gasteiger partial charge in [0.1, 0.15) is 0 Å². The summed E-state index contributed by atoms with van der Waals surface area (Å²) in [5.41, 5.74) is 7.70. The maximum Gasteiger partial charge on any atom is 0.255 e. The molecule has 100 valence electrons. The Morgan fingerprint density at radius 1 is 1.42 bits per heavy atom. The van der Waals surface area contributed by atoms with Gasteiger partial charge in [-0.2, -0.15) is 0 Å². The Bertz CT molecular complexity index is 613. The van der Waals surface area contributed by atoms with Gasteiger partial charge in [-0.05, 0) is 25.5 Å². The van der Waals surface area contributed by atoms with E-state index in [1.807, 2.05) is 31.3 Å². The highest BCUT2D eigenvalue weighted by molar-refractivity contribution is 6.06. The molecule has 1 aliphatic rings. The Morgan fingerprint density at radius 3 is 2.84 bits per heavy atom. The van der Waals surface area contributed by atoms with Crippen molar-refractivity contribution < 1.29 is 4.79 Å². The molecule has 3 rings (SSSR count). The Hall–Kier alpha value is -1.81. The van der Waals surface area contributed by atoms with Crippen LogP contribution in [-0.2, 0) is 0 Å². The van der Waals surface area contributed by atoms with Gasteiger partial charge in [0.15, 0.2) is 0 Å². The predicted molar refractivity (Wildman–Crippen MR) is 76.0 cm³/mol. The van der Waals surface area contributed by atoms with Gasteiger partial charge in [0.25, 0.3) is 5.91 Å². The van der Waals surface area contributed by atoms with Crippen molar-refractivity contribution in [1.29, 1.82) is 0 Å². The van der Waals surface area contributed by atoms with Gasteiger partial charge < -0.3 is 15.6 Å². The minimum Gasteiger partial charge on any atom is -0.360 e. The zero-order valence-corrected chi connectivity index (χ0v) is 11.1. The average Bonchev–Trinajstić information content (AvgIpc) is 3.08.